The van der Waals surface area contributed by atoms with E-state index >= 15 is 0 Å². The van der Waals surface area contributed by atoms with E-state index in [4.69, 9.17) is 35.8 Å². The van der Waals surface area contributed by atoms with E-state index in [-0.39, 0.29) is 25.5 Å². The first-order valence-electron chi connectivity index (χ1n) is 25.0. The van der Waals surface area contributed by atoms with E-state index in [0.29, 0.717) is 12.5 Å². The van der Waals surface area contributed by atoms with Crippen LogP contribution in [0.4, 0.5) is 9.59 Å². The van der Waals surface area contributed by atoms with Crippen molar-refractivity contribution < 1.29 is 33.3 Å². The third-order valence-electron chi connectivity index (χ3n) is 11.1. The normalized spacial score (nSPS) is 14.8. The topological polar surface area (TPSA) is 130 Å². The standard InChI is InChI=1S/C21H29NO3.C16H21NO.C13H17BrO.C8H13NO2.ClH/c1-21(2,3)25-20(23)22-14-8-12-17-11-7-13-19(15-17)24-16-18-9-5-4-6-10-18;17-11-5-9-14-8-4-10-16(12-14)18-13-15-6-2-1-3-7-15;14-12-7-4-8-13(9-12)15-10-11-5-2-1-3-6-11;1-5-6-9-7(10)11-8(2,3)4;/h7,11,13,15,18H,4-6,9-10,14,16H2,1-3H3,(H,22,23);4,8,10,12,15H,1-3,6-7,11,13,17H2;4,7-9,11H,1-3,5-6,10H2;1H,6H2,2-4H3,(H,9,10);1H. The van der Waals surface area contributed by atoms with Crippen LogP contribution in [0.15, 0.2) is 77.3 Å². The number of nitrogens with one attached hydrogen (secondary N) is 2. The van der Waals surface area contributed by atoms with Gasteiger partial charge in [-0.2, -0.15) is 0 Å². The molecule has 0 aromatic heterocycles. The Kier molecular flexibility index (Phi) is 30.7. The smallest absolute Gasteiger partial charge is 0.408 e. The van der Waals surface area contributed by atoms with Gasteiger partial charge in [0.25, 0.3) is 0 Å². The molecule has 0 aliphatic heterocycles. The summed E-state index contributed by atoms with van der Waals surface area (Å²) in [6.07, 6.45) is 24.1. The molecule has 70 heavy (non-hydrogen) atoms. The molecule has 4 N–H and O–H groups in total. The van der Waals surface area contributed by atoms with Crippen LogP contribution in [-0.2, 0) is 9.47 Å². The van der Waals surface area contributed by atoms with E-state index in [1.54, 1.807) is 20.8 Å². The second kappa shape index (κ2) is 35.2. The zero-order valence-corrected chi connectivity index (χ0v) is 45.2. The first-order chi connectivity index (χ1) is 33.1. The van der Waals surface area contributed by atoms with Crippen molar-refractivity contribution in [2.45, 2.75) is 149 Å². The summed E-state index contributed by atoms with van der Waals surface area (Å²) in [7, 11) is 0. The maximum absolute atomic E-state index is 11.5. The SMILES string of the molecule is Brc1cccc(OCC2CCCCC2)c1.C#CCNC(=O)OC(C)(C)C.CC(C)(C)OC(=O)NCC#Cc1cccc(OCC2CCCCC2)c1.Cl.NCC#Cc1cccc(OCC2CCCCC2)c1. The number of halogens is 2. The number of amides is 2. The van der Waals surface area contributed by atoms with Crippen LogP contribution in [0.25, 0.3) is 0 Å². The van der Waals surface area contributed by atoms with Crippen LogP contribution in [0, 0.1) is 53.8 Å². The molecule has 384 valence electrons. The minimum atomic E-state index is -0.498. The molecule has 12 heteroatoms. The van der Waals surface area contributed by atoms with E-state index in [2.05, 4.69) is 56.2 Å². The monoisotopic (exact) mass is 1050 g/mol. The lowest BCUT2D eigenvalue weighted by Gasteiger charge is -2.21. The molecular weight excluding hydrogens is 966 g/mol. The fraction of sp³-hybridized carbons (Fsp3) is 0.552. The molecule has 3 aliphatic rings. The van der Waals surface area contributed by atoms with Gasteiger partial charge in [-0.1, -0.05) is 122 Å². The maximum Gasteiger partial charge on any atom is 0.408 e. The highest BCUT2D eigenvalue weighted by Gasteiger charge is 2.18. The fourth-order valence-electron chi connectivity index (χ4n) is 7.75. The van der Waals surface area contributed by atoms with Crippen LogP contribution in [-0.4, -0.2) is 62.8 Å². The summed E-state index contributed by atoms with van der Waals surface area (Å²) in [5.41, 5.74) is 6.26. The van der Waals surface area contributed by atoms with Gasteiger partial charge in [0.05, 0.1) is 39.5 Å². The lowest BCUT2D eigenvalue weighted by atomic mass is 9.90. The van der Waals surface area contributed by atoms with Crippen molar-refractivity contribution in [1.29, 1.82) is 0 Å². The van der Waals surface area contributed by atoms with Crippen LogP contribution >= 0.6 is 28.3 Å². The average Bonchev–Trinajstić information content (AvgIpc) is 3.33. The molecule has 2 amide bonds. The number of nitrogens with two attached hydrogens (primary N) is 1. The highest BCUT2D eigenvalue weighted by atomic mass is 79.9. The van der Waals surface area contributed by atoms with Crippen LogP contribution in [0.5, 0.6) is 17.2 Å². The highest BCUT2D eigenvalue weighted by molar-refractivity contribution is 9.10. The van der Waals surface area contributed by atoms with Crippen molar-refractivity contribution in [1.82, 2.24) is 10.6 Å². The Morgan fingerprint density at radius 2 is 0.957 bits per heavy atom. The molecule has 6 rings (SSSR count). The molecular formula is C58H81BrClN3O7. The summed E-state index contributed by atoms with van der Waals surface area (Å²) < 4.78 is 28.7. The van der Waals surface area contributed by atoms with Crippen molar-refractivity contribution in [3.05, 3.63) is 88.4 Å². The Labute approximate surface area is 435 Å². The summed E-state index contributed by atoms with van der Waals surface area (Å²) in [4.78, 5) is 22.3. The number of carbonyl (C=O) groups excluding carboxylic acids is 2. The molecule has 0 saturated heterocycles. The minimum absolute atomic E-state index is 0. The number of alkyl carbamates (subject to hydrolysis) is 2. The Hall–Kier alpha value is -4.99. The van der Waals surface area contributed by atoms with E-state index < -0.39 is 23.4 Å². The molecule has 10 nitrogen and oxygen atoms in total. The van der Waals surface area contributed by atoms with E-state index in [9.17, 15) is 9.59 Å². The van der Waals surface area contributed by atoms with Gasteiger partial charge in [0.15, 0.2) is 0 Å². The molecule has 3 aromatic rings. The van der Waals surface area contributed by atoms with Crippen molar-refractivity contribution in [3.8, 4) is 53.3 Å². The van der Waals surface area contributed by atoms with Crippen LogP contribution in [0.2, 0.25) is 0 Å². The summed E-state index contributed by atoms with van der Waals surface area (Å²) in [5.74, 6) is 19.1. The summed E-state index contributed by atoms with van der Waals surface area (Å²) in [6, 6.07) is 23.8. The molecule has 0 spiro atoms. The quantitative estimate of drug-likeness (QED) is 0.162. The number of ether oxygens (including phenoxy) is 5. The third-order valence-corrected chi connectivity index (χ3v) is 11.6. The Bertz CT molecular complexity index is 2110. The van der Waals surface area contributed by atoms with Crippen molar-refractivity contribution in [3.63, 3.8) is 0 Å². The minimum Gasteiger partial charge on any atom is -0.493 e. The van der Waals surface area contributed by atoms with Crippen molar-refractivity contribution in [2.75, 3.05) is 39.5 Å². The van der Waals surface area contributed by atoms with Gasteiger partial charge >= 0.3 is 12.2 Å². The van der Waals surface area contributed by atoms with E-state index in [0.717, 1.165) is 64.5 Å². The number of terminal acetylenes is 1. The van der Waals surface area contributed by atoms with Crippen LogP contribution in [0.1, 0.15) is 149 Å². The Morgan fingerprint density at radius 3 is 1.33 bits per heavy atom. The van der Waals surface area contributed by atoms with Gasteiger partial charge in [-0.05, 0) is 152 Å². The van der Waals surface area contributed by atoms with Gasteiger partial charge in [0.2, 0.25) is 0 Å². The second-order valence-corrected chi connectivity index (χ2v) is 20.6. The van der Waals surface area contributed by atoms with Gasteiger partial charge in [0.1, 0.15) is 28.5 Å². The predicted molar refractivity (Wildman–Crippen MR) is 291 cm³/mol. The molecule has 3 fully saturated rings. The zero-order valence-electron chi connectivity index (χ0n) is 42.8. The first kappa shape index (κ1) is 61.1. The van der Waals surface area contributed by atoms with Gasteiger partial charge in [-0.25, -0.2) is 9.59 Å². The van der Waals surface area contributed by atoms with Crippen LogP contribution < -0.4 is 30.6 Å². The van der Waals surface area contributed by atoms with Gasteiger partial charge in [-0.15, -0.1) is 18.8 Å². The molecule has 3 saturated carbocycles. The molecule has 3 aliphatic carbocycles. The third kappa shape index (κ3) is 30.6. The highest BCUT2D eigenvalue weighted by Crippen LogP contribution is 2.27. The zero-order chi connectivity index (χ0) is 50.2. The van der Waals surface area contributed by atoms with E-state index in [1.807, 2.05) is 93.6 Å². The van der Waals surface area contributed by atoms with Gasteiger partial charge < -0.3 is 40.1 Å². The Balaban J connectivity index is 0.000000332. The molecule has 3 aromatic carbocycles. The molecule has 0 heterocycles. The number of rotatable bonds is 11. The average molecular weight is 1050 g/mol. The van der Waals surface area contributed by atoms with Crippen molar-refractivity contribution in [2.24, 2.45) is 23.5 Å². The lowest BCUT2D eigenvalue weighted by Crippen LogP contribution is -2.32. The molecule has 0 bridgehead atoms. The summed E-state index contributed by atoms with van der Waals surface area (Å²) in [5, 5.41) is 5.02. The summed E-state index contributed by atoms with van der Waals surface area (Å²) in [6.45, 7) is 14.2. The molecule has 0 atom stereocenters. The van der Waals surface area contributed by atoms with E-state index in [1.165, 1.54) is 96.3 Å². The lowest BCUT2D eigenvalue weighted by molar-refractivity contribution is 0.0523. The molecule has 0 unspecified atom stereocenters. The predicted octanol–water partition coefficient (Wildman–Crippen LogP) is 13.5. The number of carbonyl (C=O) groups is 2. The molecule has 0 radical (unpaired) electrons. The fourth-order valence-corrected chi connectivity index (χ4v) is 8.13. The van der Waals surface area contributed by atoms with Crippen LogP contribution in [0.3, 0.4) is 0 Å². The maximum atomic E-state index is 11.5. The van der Waals surface area contributed by atoms with Gasteiger partial charge in [-0.3, -0.25) is 0 Å². The number of hydrogen-bond donors (Lipinski definition) is 3. The van der Waals surface area contributed by atoms with Crippen molar-refractivity contribution >= 4 is 40.5 Å². The second-order valence-electron chi connectivity index (χ2n) is 19.7. The number of benzene rings is 3. The Morgan fingerprint density at radius 1 is 0.586 bits per heavy atom. The van der Waals surface area contributed by atoms with Gasteiger partial charge in [0, 0.05) is 15.6 Å². The number of hydrogen-bond acceptors (Lipinski definition) is 8. The first-order valence-corrected chi connectivity index (χ1v) is 25.8. The summed E-state index contributed by atoms with van der Waals surface area (Å²) >= 11 is 3.45. The largest absolute Gasteiger partial charge is 0.493 e.